The van der Waals surface area contributed by atoms with Crippen LogP contribution in [0.3, 0.4) is 0 Å². The molecular weight excluding hydrogens is 304 g/mol. The van der Waals surface area contributed by atoms with Gasteiger partial charge in [0.25, 0.3) is 0 Å². The van der Waals surface area contributed by atoms with E-state index in [1.54, 1.807) is 24.3 Å². The smallest absolute Gasteiger partial charge is 0.343 e. The van der Waals surface area contributed by atoms with Crippen molar-refractivity contribution < 1.29 is 19.1 Å². The fraction of sp³-hybridized carbons (Fsp3) is 0.400. The van der Waals surface area contributed by atoms with Crippen molar-refractivity contribution in [2.45, 2.75) is 45.4 Å². The van der Waals surface area contributed by atoms with Crippen molar-refractivity contribution in [2.24, 2.45) is 0 Å². The number of hydrogen-bond acceptors (Lipinski definition) is 4. The van der Waals surface area contributed by atoms with E-state index in [1.807, 2.05) is 12.1 Å². The van der Waals surface area contributed by atoms with E-state index in [4.69, 9.17) is 9.47 Å². The molecule has 1 aromatic rings. The Morgan fingerprint density at radius 1 is 1.17 bits per heavy atom. The summed E-state index contributed by atoms with van der Waals surface area (Å²) in [5.41, 5.74) is 1.85. The molecule has 4 heteroatoms. The molecule has 0 unspecified atom stereocenters. The molecule has 0 bridgehead atoms. The Morgan fingerprint density at radius 3 is 2.58 bits per heavy atom. The van der Waals surface area contributed by atoms with E-state index in [0.717, 1.165) is 37.7 Å². The summed E-state index contributed by atoms with van der Waals surface area (Å²) in [6.07, 6.45) is 7.04. The minimum atomic E-state index is -0.386. The van der Waals surface area contributed by atoms with Crippen LogP contribution >= 0.6 is 0 Å². The molecule has 0 atom stereocenters. The molecule has 128 valence electrons. The highest BCUT2D eigenvalue weighted by Gasteiger charge is 2.26. The van der Waals surface area contributed by atoms with Gasteiger partial charge in [-0.15, -0.1) is 0 Å². The molecule has 24 heavy (non-hydrogen) atoms. The lowest BCUT2D eigenvalue weighted by molar-refractivity contribution is -0.135. The highest BCUT2D eigenvalue weighted by atomic mass is 16.5. The second-order valence-electron chi connectivity index (χ2n) is 5.76. The number of benzene rings is 1. The maximum Gasteiger partial charge on any atom is 0.343 e. The molecule has 0 spiro atoms. The van der Waals surface area contributed by atoms with E-state index < -0.39 is 0 Å². The van der Waals surface area contributed by atoms with Gasteiger partial charge in [0.2, 0.25) is 0 Å². The number of carbonyl (C=O) groups excluding carboxylic acids is 2. The Hall–Kier alpha value is -2.36. The van der Waals surface area contributed by atoms with Gasteiger partial charge >= 0.3 is 11.9 Å². The third-order valence-corrected chi connectivity index (χ3v) is 4.03. The third-order valence-electron chi connectivity index (χ3n) is 4.03. The first kappa shape index (κ1) is 18.0. The summed E-state index contributed by atoms with van der Waals surface area (Å²) in [4.78, 5) is 24.4. The average Bonchev–Trinajstić information content (AvgIpc) is 3.06. The third kappa shape index (κ3) is 4.57. The predicted molar refractivity (Wildman–Crippen MR) is 92.4 cm³/mol. The summed E-state index contributed by atoms with van der Waals surface area (Å²) < 4.78 is 10.5. The van der Waals surface area contributed by atoms with Crippen molar-refractivity contribution >= 4 is 11.9 Å². The fourth-order valence-electron chi connectivity index (χ4n) is 2.75. The second-order valence-corrected chi connectivity index (χ2v) is 5.76. The first-order valence-corrected chi connectivity index (χ1v) is 8.45. The van der Waals surface area contributed by atoms with Gasteiger partial charge in [-0.2, -0.15) is 0 Å². The lowest BCUT2D eigenvalue weighted by Crippen LogP contribution is -2.10. The van der Waals surface area contributed by atoms with E-state index in [9.17, 15) is 9.59 Å². The van der Waals surface area contributed by atoms with Crippen molar-refractivity contribution in [3.05, 3.63) is 58.9 Å². The number of ether oxygens (including phenoxy) is 2. The van der Waals surface area contributed by atoms with Crippen molar-refractivity contribution in [1.82, 2.24) is 0 Å². The molecular formula is C20H24O4. The highest BCUT2D eigenvalue weighted by Crippen LogP contribution is 2.33. The van der Waals surface area contributed by atoms with Crippen LogP contribution < -0.4 is 0 Å². The Kier molecular flexibility index (Phi) is 6.79. The molecule has 0 radical (unpaired) electrons. The van der Waals surface area contributed by atoms with Crippen molar-refractivity contribution in [3.8, 4) is 0 Å². The molecule has 2 rings (SSSR count). The minimum Gasteiger partial charge on any atom is -0.465 e. The SMILES string of the molecule is CCCCC=C(C(=O)OC)C1=C(OC(=O)c2ccccc2)CCC1. The fourth-order valence-corrected chi connectivity index (χ4v) is 2.75. The first-order chi connectivity index (χ1) is 11.7. The largest absolute Gasteiger partial charge is 0.465 e. The standard InChI is InChI=1S/C20H24O4/c1-3-4-6-12-17(20(22)23-2)16-13-9-14-18(16)24-19(21)15-10-7-5-8-11-15/h5,7-8,10-12H,3-4,6,9,13-14H2,1-2H3. The van der Waals surface area contributed by atoms with Crippen LogP contribution in [-0.4, -0.2) is 19.0 Å². The molecule has 0 amide bonds. The number of hydrogen-bond donors (Lipinski definition) is 0. The molecule has 4 nitrogen and oxygen atoms in total. The minimum absolute atomic E-state index is 0.365. The van der Waals surface area contributed by atoms with Crippen LogP contribution in [0.1, 0.15) is 55.8 Å². The zero-order valence-corrected chi connectivity index (χ0v) is 14.3. The van der Waals surface area contributed by atoms with E-state index >= 15 is 0 Å². The van der Waals surface area contributed by atoms with Gasteiger partial charge in [-0.1, -0.05) is 44.0 Å². The zero-order valence-electron chi connectivity index (χ0n) is 14.3. The highest BCUT2D eigenvalue weighted by molar-refractivity contribution is 5.94. The Balaban J connectivity index is 2.23. The van der Waals surface area contributed by atoms with Crippen LogP contribution in [0.2, 0.25) is 0 Å². The van der Waals surface area contributed by atoms with Gasteiger partial charge in [-0.25, -0.2) is 9.59 Å². The van der Waals surface area contributed by atoms with Gasteiger partial charge in [-0.05, 0) is 31.4 Å². The number of unbranched alkanes of at least 4 members (excludes halogenated alkanes) is 2. The quantitative estimate of drug-likeness (QED) is 0.418. The van der Waals surface area contributed by atoms with E-state index in [0.29, 0.717) is 23.3 Å². The molecule has 0 saturated carbocycles. The number of esters is 2. The monoisotopic (exact) mass is 328 g/mol. The molecule has 0 heterocycles. The first-order valence-electron chi connectivity index (χ1n) is 8.45. The Bertz CT molecular complexity index is 641. The van der Waals surface area contributed by atoms with E-state index in [1.165, 1.54) is 7.11 Å². The average molecular weight is 328 g/mol. The number of methoxy groups -OCH3 is 1. The zero-order chi connectivity index (χ0) is 17.4. The predicted octanol–water partition coefficient (Wildman–Crippen LogP) is 4.57. The Labute approximate surface area is 143 Å². The lowest BCUT2D eigenvalue weighted by atomic mass is 10.0. The maximum atomic E-state index is 12.3. The Morgan fingerprint density at radius 2 is 1.92 bits per heavy atom. The normalized spacial score (nSPS) is 14.7. The molecule has 1 aromatic carbocycles. The topological polar surface area (TPSA) is 52.6 Å². The van der Waals surface area contributed by atoms with E-state index in [-0.39, 0.29) is 11.9 Å². The van der Waals surface area contributed by atoms with Crippen LogP contribution in [0.5, 0.6) is 0 Å². The molecule has 1 aliphatic rings. The van der Waals surface area contributed by atoms with Gasteiger partial charge in [0.15, 0.2) is 0 Å². The molecule has 0 N–H and O–H groups in total. The van der Waals surface area contributed by atoms with Crippen molar-refractivity contribution in [2.75, 3.05) is 7.11 Å². The van der Waals surface area contributed by atoms with E-state index in [2.05, 4.69) is 6.92 Å². The summed E-state index contributed by atoms with van der Waals surface area (Å²) >= 11 is 0. The molecule has 0 aromatic heterocycles. The van der Waals surface area contributed by atoms with Crippen LogP contribution in [0.25, 0.3) is 0 Å². The van der Waals surface area contributed by atoms with Crippen LogP contribution in [0.15, 0.2) is 53.3 Å². The second kappa shape index (κ2) is 9.06. The summed E-state index contributed by atoms with van der Waals surface area (Å²) in [6.45, 7) is 2.10. The number of carbonyl (C=O) groups is 2. The molecule has 0 fully saturated rings. The maximum absolute atomic E-state index is 12.3. The summed E-state index contributed by atoms with van der Waals surface area (Å²) in [6, 6.07) is 8.88. The van der Waals surface area contributed by atoms with Gasteiger partial charge < -0.3 is 9.47 Å². The molecule has 0 saturated heterocycles. The summed E-state index contributed by atoms with van der Waals surface area (Å²) in [5, 5.41) is 0. The number of rotatable bonds is 7. The van der Waals surface area contributed by atoms with Crippen LogP contribution in [0.4, 0.5) is 0 Å². The lowest BCUT2D eigenvalue weighted by Gasteiger charge is -2.11. The number of allylic oxidation sites excluding steroid dienone is 2. The van der Waals surface area contributed by atoms with Gasteiger partial charge in [-0.3, -0.25) is 0 Å². The summed E-state index contributed by atoms with van der Waals surface area (Å²) in [7, 11) is 1.38. The van der Waals surface area contributed by atoms with Gasteiger partial charge in [0.1, 0.15) is 5.76 Å². The van der Waals surface area contributed by atoms with Crippen molar-refractivity contribution in [3.63, 3.8) is 0 Å². The molecule has 0 aliphatic heterocycles. The van der Waals surface area contributed by atoms with Crippen LogP contribution in [-0.2, 0) is 14.3 Å². The van der Waals surface area contributed by atoms with Gasteiger partial charge in [0.05, 0.1) is 18.2 Å². The van der Waals surface area contributed by atoms with Gasteiger partial charge in [0, 0.05) is 12.0 Å². The molecule has 1 aliphatic carbocycles. The summed E-state index contributed by atoms with van der Waals surface area (Å²) in [5.74, 6) is -0.156. The van der Waals surface area contributed by atoms with Crippen LogP contribution in [0, 0.1) is 0 Å². The van der Waals surface area contributed by atoms with Crippen molar-refractivity contribution in [1.29, 1.82) is 0 Å².